The van der Waals surface area contributed by atoms with E-state index in [4.69, 9.17) is 10.5 Å². The summed E-state index contributed by atoms with van der Waals surface area (Å²) in [5, 5.41) is 2.95. The van der Waals surface area contributed by atoms with Crippen LogP contribution in [0.1, 0.15) is 24.9 Å². The second kappa shape index (κ2) is 5.38. The molecule has 1 aliphatic heterocycles. The zero-order valence-corrected chi connectivity index (χ0v) is 11.9. The van der Waals surface area contributed by atoms with Gasteiger partial charge in [0, 0.05) is 11.1 Å². The number of carbonyl (C=O) groups excluding carboxylic acids is 1. The van der Waals surface area contributed by atoms with Crippen molar-refractivity contribution in [1.82, 2.24) is 5.32 Å². The standard InChI is InChI=1S/C13H17BrN2O2/c1-9(10-4-2-3-5-11(10)14)16-12(17)13(15)6-7-18-8-13/h2-5,9H,6-8,15H2,1H3,(H,16,17)/t9-,13?/m1/s1. The molecule has 0 spiro atoms. The predicted molar refractivity (Wildman–Crippen MR) is 73.1 cm³/mol. The average Bonchev–Trinajstić information content (AvgIpc) is 2.78. The van der Waals surface area contributed by atoms with Crippen LogP contribution in [-0.2, 0) is 9.53 Å². The first-order chi connectivity index (χ1) is 8.53. The molecule has 2 atom stereocenters. The summed E-state index contributed by atoms with van der Waals surface area (Å²) in [5.41, 5.74) is 6.17. The van der Waals surface area contributed by atoms with Crippen LogP contribution in [0.3, 0.4) is 0 Å². The van der Waals surface area contributed by atoms with Crippen LogP contribution in [0.4, 0.5) is 0 Å². The van der Waals surface area contributed by atoms with Gasteiger partial charge in [-0.25, -0.2) is 0 Å². The highest BCUT2D eigenvalue weighted by Gasteiger charge is 2.38. The van der Waals surface area contributed by atoms with Crippen LogP contribution in [-0.4, -0.2) is 24.7 Å². The molecule has 0 aromatic heterocycles. The third kappa shape index (κ3) is 2.74. The van der Waals surface area contributed by atoms with Crippen LogP contribution >= 0.6 is 15.9 Å². The van der Waals surface area contributed by atoms with Gasteiger partial charge in [0.1, 0.15) is 5.54 Å². The Morgan fingerprint density at radius 1 is 1.56 bits per heavy atom. The van der Waals surface area contributed by atoms with E-state index in [-0.39, 0.29) is 11.9 Å². The Bertz CT molecular complexity index is 444. The molecule has 0 bridgehead atoms. The van der Waals surface area contributed by atoms with Crippen LogP contribution in [0, 0.1) is 0 Å². The molecule has 3 N–H and O–H groups in total. The molecule has 1 aromatic carbocycles. The number of ether oxygens (including phenoxy) is 1. The van der Waals surface area contributed by atoms with Crippen LogP contribution < -0.4 is 11.1 Å². The van der Waals surface area contributed by atoms with Crippen molar-refractivity contribution in [3.8, 4) is 0 Å². The zero-order chi connectivity index (χ0) is 13.2. The molecule has 0 aliphatic carbocycles. The molecule has 1 fully saturated rings. The maximum absolute atomic E-state index is 12.1. The van der Waals surface area contributed by atoms with Gasteiger partial charge in [-0.15, -0.1) is 0 Å². The second-order valence-corrected chi connectivity index (χ2v) is 5.53. The van der Waals surface area contributed by atoms with Gasteiger partial charge in [0.05, 0.1) is 12.6 Å². The van der Waals surface area contributed by atoms with E-state index in [1.807, 2.05) is 31.2 Å². The molecule has 0 radical (unpaired) electrons. The van der Waals surface area contributed by atoms with Gasteiger partial charge in [-0.05, 0) is 25.0 Å². The monoisotopic (exact) mass is 312 g/mol. The van der Waals surface area contributed by atoms with Gasteiger partial charge in [-0.2, -0.15) is 0 Å². The number of benzene rings is 1. The van der Waals surface area contributed by atoms with Gasteiger partial charge in [-0.3, -0.25) is 4.79 Å². The smallest absolute Gasteiger partial charge is 0.243 e. The Labute approximate surface area is 115 Å². The molecule has 1 aliphatic rings. The Morgan fingerprint density at radius 3 is 2.89 bits per heavy atom. The van der Waals surface area contributed by atoms with E-state index < -0.39 is 5.54 Å². The summed E-state index contributed by atoms with van der Waals surface area (Å²) in [4.78, 5) is 12.1. The third-order valence-corrected chi connectivity index (χ3v) is 3.95. The van der Waals surface area contributed by atoms with Crippen LogP contribution in [0.15, 0.2) is 28.7 Å². The lowest BCUT2D eigenvalue weighted by Gasteiger charge is -2.24. The molecule has 1 amide bonds. The minimum absolute atomic E-state index is 0.0888. The fourth-order valence-corrected chi connectivity index (χ4v) is 2.63. The molecule has 1 aromatic rings. The quantitative estimate of drug-likeness (QED) is 0.893. The van der Waals surface area contributed by atoms with Crippen LogP contribution in [0.2, 0.25) is 0 Å². The summed E-state index contributed by atoms with van der Waals surface area (Å²) in [5.74, 6) is -0.150. The van der Waals surface area contributed by atoms with Gasteiger partial charge in [0.15, 0.2) is 0 Å². The van der Waals surface area contributed by atoms with Crippen molar-refractivity contribution in [2.24, 2.45) is 5.73 Å². The maximum Gasteiger partial charge on any atom is 0.243 e. The first-order valence-corrected chi connectivity index (χ1v) is 6.74. The third-order valence-electron chi connectivity index (χ3n) is 3.22. The number of nitrogens with one attached hydrogen (secondary N) is 1. The van der Waals surface area contributed by atoms with Crippen molar-refractivity contribution in [2.75, 3.05) is 13.2 Å². The molecule has 1 unspecified atom stereocenters. The van der Waals surface area contributed by atoms with Crippen molar-refractivity contribution in [3.05, 3.63) is 34.3 Å². The molecule has 5 heteroatoms. The van der Waals surface area contributed by atoms with E-state index in [0.717, 1.165) is 10.0 Å². The minimum atomic E-state index is -0.879. The van der Waals surface area contributed by atoms with Crippen molar-refractivity contribution in [2.45, 2.75) is 24.9 Å². The number of amides is 1. The lowest BCUT2D eigenvalue weighted by atomic mass is 9.98. The van der Waals surface area contributed by atoms with Gasteiger partial charge in [0.25, 0.3) is 0 Å². The number of halogens is 1. The topological polar surface area (TPSA) is 64.4 Å². The van der Waals surface area contributed by atoms with E-state index >= 15 is 0 Å². The molecular weight excluding hydrogens is 296 g/mol. The SMILES string of the molecule is C[C@@H](NC(=O)C1(N)CCOC1)c1ccccc1Br. The van der Waals surface area contributed by atoms with E-state index in [9.17, 15) is 4.79 Å². The summed E-state index contributed by atoms with van der Waals surface area (Å²) in [7, 11) is 0. The Morgan fingerprint density at radius 2 is 2.28 bits per heavy atom. The Kier molecular flexibility index (Phi) is 4.04. The Hall–Kier alpha value is -0.910. The summed E-state index contributed by atoms with van der Waals surface area (Å²) in [6.07, 6.45) is 0.571. The number of hydrogen-bond donors (Lipinski definition) is 2. The summed E-state index contributed by atoms with van der Waals surface area (Å²) in [6, 6.07) is 7.73. The van der Waals surface area contributed by atoms with E-state index in [1.54, 1.807) is 0 Å². The highest BCUT2D eigenvalue weighted by atomic mass is 79.9. The minimum Gasteiger partial charge on any atom is -0.379 e. The van der Waals surface area contributed by atoms with Crippen molar-refractivity contribution in [3.63, 3.8) is 0 Å². The van der Waals surface area contributed by atoms with Crippen LogP contribution in [0.5, 0.6) is 0 Å². The van der Waals surface area contributed by atoms with E-state index in [1.165, 1.54) is 0 Å². The normalized spacial score (nSPS) is 24.8. The van der Waals surface area contributed by atoms with Gasteiger partial charge in [0.2, 0.25) is 5.91 Å². The predicted octanol–water partition coefficient (Wildman–Crippen LogP) is 1.74. The average molecular weight is 313 g/mol. The molecule has 18 heavy (non-hydrogen) atoms. The molecule has 98 valence electrons. The first kappa shape index (κ1) is 13.5. The first-order valence-electron chi connectivity index (χ1n) is 5.95. The lowest BCUT2D eigenvalue weighted by Crippen LogP contribution is -2.54. The maximum atomic E-state index is 12.1. The highest BCUT2D eigenvalue weighted by molar-refractivity contribution is 9.10. The highest BCUT2D eigenvalue weighted by Crippen LogP contribution is 2.24. The summed E-state index contributed by atoms with van der Waals surface area (Å²) < 4.78 is 6.18. The molecule has 1 heterocycles. The second-order valence-electron chi connectivity index (χ2n) is 4.68. The van der Waals surface area contributed by atoms with E-state index in [2.05, 4.69) is 21.2 Å². The molecule has 4 nitrogen and oxygen atoms in total. The van der Waals surface area contributed by atoms with Crippen LogP contribution in [0.25, 0.3) is 0 Å². The summed E-state index contributed by atoms with van der Waals surface area (Å²) >= 11 is 3.48. The molecular formula is C13H17BrN2O2. The zero-order valence-electron chi connectivity index (χ0n) is 10.3. The number of nitrogens with two attached hydrogens (primary N) is 1. The fourth-order valence-electron chi connectivity index (χ4n) is 2.00. The van der Waals surface area contributed by atoms with E-state index in [0.29, 0.717) is 19.6 Å². The van der Waals surface area contributed by atoms with Crippen molar-refractivity contribution >= 4 is 21.8 Å². The summed E-state index contributed by atoms with van der Waals surface area (Å²) in [6.45, 7) is 2.78. The fraction of sp³-hybridized carbons (Fsp3) is 0.462. The Balaban J connectivity index is 2.06. The van der Waals surface area contributed by atoms with Crippen molar-refractivity contribution < 1.29 is 9.53 Å². The number of rotatable bonds is 3. The number of hydrogen-bond acceptors (Lipinski definition) is 3. The molecule has 0 saturated carbocycles. The number of carbonyl (C=O) groups is 1. The molecule has 2 rings (SSSR count). The van der Waals surface area contributed by atoms with Gasteiger partial charge in [-0.1, -0.05) is 34.1 Å². The largest absolute Gasteiger partial charge is 0.379 e. The lowest BCUT2D eigenvalue weighted by molar-refractivity contribution is -0.127. The van der Waals surface area contributed by atoms with Gasteiger partial charge < -0.3 is 15.8 Å². The molecule has 1 saturated heterocycles. The van der Waals surface area contributed by atoms with Crippen molar-refractivity contribution in [1.29, 1.82) is 0 Å². The van der Waals surface area contributed by atoms with Gasteiger partial charge >= 0.3 is 0 Å².